The Hall–Kier alpha value is -3.08. The van der Waals surface area contributed by atoms with Gasteiger partial charge in [-0.25, -0.2) is 0 Å². The summed E-state index contributed by atoms with van der Waals surface area (Å²) in [6.07, 6.45) is 0. The second-order valence-corrected chi connectivity index (χ2v) is 8.48. The molecule has 2 aromatic carbocycles. The predicted octanol–water partition coefficient (Wildman–Crippen LogP) is 5.13. The zero-order chi connectivity index (χ0) is 20.8. The van der Waals surface area contributed by atoms with E-state index >= 15 is 0 Å². The molecule has 0 spiro atoms. The quantitative estimate of drug-likeness (QED) is 0.673. The number of carbonyl (C=O) groups excluding carboxylic acids is 1. The van der Waals surface area contributed by atoms with Gasteiger partial charge in [0.2, 0.25) is 0 Å². The van der Waals surface area contributed by atoms with Crippen LogP contribution >= 0.6 is 0 Å². The molecule has 0 bridgehead atoms. The number of aromatic amines is 1. The summed E-state index contributed by atoms with van der Waals surface area (Å²) in [5.41, 5.74) is 5.19. The van der Waals surface area contributed by atoms with Crippen LogP contribution in [0.1, 0.15) is 60.9 Å². The fourth-order valence-electron chi connectivity index (χ4n) is 4.03. The first-order chi connectivity index (χ1) is 13.8. The zero-order valence-corrected chi connectivity index (χ0v) is 17.6. The van der Waals surface area contributed by atoms with E-state index in [9.17, 15) is 4.79 Å². The van der Waals surface area contributed by atoms with Crippen molar-refractivity contribution in [3.8, 4) is 17.0 Å². The number of amides is 1. The van der Waals surface area contributed by atoms with E-state index in [2.05, 4.69) is 68.2 Å². The number of aryl methyl sites for hydroxylation is 1. The van der Waals surface area contributed by atoms with Gasteiger partial charge in [-0.3, -0.25) is 9.89 Å². The summed E-state index contributed by atoms with van der Waals surface area (Å²) in [7, 11) is 0. The molecule has 3 aromatic rings. The Kier molecular flexibility index (Phi) is 4.69. The maximum absolute atomic E-state index is 13.4. The fourth-order valence-corrected chi connectivity index (χ4v) is 4.03. The Morgan fingerprint density at radius 2 is 1.86 bits per heavy atom. The van der Waals surface area contributed by atoms with Crippen LogP contribution in [0.25, 0.3) is 11.3 Å². The Morgan fingerprint density at radius 3 is 2.52 bits per heavy atom. The molecular formula is C24H27N3O2. The maximum atomic E-state index is 13.4. The van der Waals surface area contributed by atoms with Crippen molar-refractivity contribution < 1.29 is 9.53 Å². The standard InChI is InChI=1S/C24H27N3O2/c1-6-29-18-9-7-8-17(14-18)22-19-20(16-12-10-15(2)11-13-16)25-26-21(19)23(28)27(22)24(3,4)5/h7-14,22H,6H2,1-5H3,(H,25,26). The highest BCUT2D eigenvalue weighted by Crippen LogP contribution is 2.46. The molecule has 0 radical (unpaired) electrons. The van der Waals surface area contributed by atoms with Gasteiger partial charge in [-0.05, 0) is 52.3 Å². The van der Waals surface area contributed by atoms with Crippen LogP contribution in [-0.2, 0) is 0 Å². The summed E-state index contributed by atoms with van der Waals surface area (Å²) in [6, 6.07) is 16.0. The van der Waals surface area contributed by atoms with Crippen LogP contribution in [0.15, 0.2) is 48.5 Å². The van der Waals surface area contributed by atoms with Crippen molar-refractivity contribution in [2.75, 3.05) is 6.61 Å². The maximum Gasteiger partial charge on any atom is 0.273 e. The van der Waals surface area contributed by atoms with E-state index in [-0.39, 0.29) is 17.5 Å². The molecule has 1 atom stereocenters. The lowest BCUT2D eigenvalue weighted by Crippen LogP contribution is -2.44. The molecule has 1 unspecified atom stereocenters. The fraction of sp³-hybridized carbons (Fsp3) is 0.333. The van der Waals surface area contributed by atoms with Gasteiger partial charge in [-0.2, -0.15) is 5.10 Å². The molecule has 0 aliphatic carbocycles. The van der Waals surface area contributed by atoms with Gasteiger partial charge < -0.3 is 9.64 Å². The Balaban J connectivity index is 1.91. The molecule has 29 heavy (non-hydrogen) atoms. The number of nitrogens with zero attached hydrogens (tertiary/aromatic N) is 2. The number of fused-ring (bicyclic) bond motifs is 1. The Labute approximate surface area is 171 Å². The molecule has 0 saturated heterocycles. The average Bonchev–Trinajstić information content (AvgIpc) is 3.22. The van der Waals surface area contributed by atoms with Crippen molar-refractivity contribution >= 4 is 5.91 Å². The lowest BCUT2D eigenvalue weighted by molar-refractivity contribution is 0.0545. The van der Waals surface area contributed by atoms with Crippen LogP contribution in [0.4, 0.5) is 0 Å². The molecule has 2 heterocycles. The first-order valence-electron chi connectivity index (χ1n) is 10.0. The van der Waals surface area contributed by atoms with Gasteiger partial charge in [0.1, 0.15) is 11.4 Å². The molecule has 150 valence electrons. The number of H-pyrrole nitrogens is 1. The first-order valence-corrected chi connectivity index (χ1v) is 10.0. The van der Waals surface area contributed by atoms with Crippen molar-refractivity contribution in [1.29, 1.82) is 0 Å². The largest absolute Gasteiger partial charge is 0.494 e. The van der Waals surface area contributed by atoms with Crippen molar-refractivity contribution in [2.45, 2.75) is 46.2 Å². The number of nitrogens with one attached hydrogen (secondary N) is 1. The van der Waals surface area contributed by atoms with E-state index in [4.69, 9.17) is 4.74 Å². The molecule has 0 saturated carbocycles. The Bertz CT molecular complexity index is 1040. The van der Waals surface area contributed by atoms with Gasteiger partial charge in [0, 0.05) is 16.7 Å². The van der Waals surface area contributed by atoms with Gasteiger partial charge >= 0.3 is 0 Å². The van der Waals surface area contributed by atoms with E-state index in [1.807, 2.05) is 30.0 Å². The Morgan fingerprint density at radius 1 is 1.14 bits per heavy atom. The minimum Gasteiger partial charge on any atom is -0.494 e. The van der Waals surface area contributed by atoms with Gasteiger partial charge in [0.25, 0.3) is 5.91 Å². The smallest absolute Gasteiger partial charge is 0.273 e. The third-order valence-electron chi connectivity index (χ3n) is 5.30. The number of aromatic nitrogens is 2. The zero-order valence-electron chi connectivity index (χ0n) is 17.6. The molecule has 1 aliphatic rings. The monoisotopic (exact) mass is 389 g/mol. The molecule has 5 nitrogen and oxygen atoms in total. The van der Waals surface area contributed by atoms with E-state index in [0.717, 1.165) is 28.1 Å². The molecule has 1 aromatic heterocycles. The van der Waals surface area contributed by atoms with Gasteiger partial charge in [0.05, 0.1) is 18.3 Å². The summed E-state index contributed by atoms with van der Waals surface area (Å²) >= 11 is 0. The molecule has 1 N–H and O–H groups in total. The van der Waals surface area contributed by atoms with Gasteiger partial charge in [0.15, 0.2) is 0 Å². The third kappa shape index (κ3) is 3.31. The van der Waals surface area contributed by atoms with E-state index < -0.39 is 0 Å². The van der Waals surface area contributed by atoms with Crippen LogP contribution in [0, 0.1) is 6.92 Å². The number of rotatable bonds is 4. The summed E-state index contributed by atoms with van der Waals surface area (Å²) in [4.78, 5) is 15.3. The number of hydrogen-bond donors (Lipinski definition) is 1. The van der Waals surface area contributed by atoms with Crippen LogP contribution in [-0.4, -0.2) is 33.2 Å². The summed E-state index contributed by atoms with van der Waals surface area (Å²) in [6.45, 7) is 10.8. The highest BCUT2D eigenvalue weighted by atomic mass is 16.5. The van der Waals surface area contributed by atoms with Crippen molar-refractivity contribution in [1.82, 2.24) is 15.1 Å². The topological polar surface area (TPSA) is 58.2 Å². The van der Waals surface area contributed by atoms with Crippen molar-refractivity contribution in [3.05, 3.63) is 70.9 Å². The number of ether oxygens (including phenoxy) is 1. The van der Waals surface area contributed by atoms with Crippen molar-refractivity contribution in [2.24, 2.45) is 0 Å². The van der Waals surface area contributed by atoms with Crippen LogP contribution in [0.5, 0.6) is 5.75 Å². The van der Waals surface area contributed by atoms with E-state index in [0.29, 0.717) is 12.3 Å². The summed E-state index contributed by atoms with van der Waals surface area (Å²) in [5.74, 6) is 0.783. The first kappa shape index (κ1) is 19.2. The second-order valence-electron chi connectivity index (χ2n) is 8.48. The molecule has 5 heteroatoms. The molecule has 1 amide bonds. The summed E-state index contributed by atoms with van der Waals surface area (Å²) < 4.78 is 5.72. The third-order valence-corrected chi connectivity index (χ3v) is 5.30. The molecule has 1 aliphatic heterocycles. The average molecular weight is 389 g/mol. The number of carbonyl (C=O) groups is 1. The van der Waals surface area contributed by atoms with Crippen molar-refractivity contribution in [3.63, 3.8) is 0 Å². The lowest BCUT2D eigenvalue weighted by Gasteiger charge is -2.37. The molecular weight excluding hydrogens is 362 g/mol. The highest BCUT2D eigenvalue weighted by Gasteiger charge is 2.46. The van der Waals surface area contributed by atoms with Gasteiger partial charge in [-0.1, -0.05) is 42.0 Å². The van der Waals surface area contributed by atoms with E-state index in [1.54, 1.807) is 0 Å². The lowest BCUT2D eigenvalue weighted by atomic mass is 9.93. The number of benzene rings is 2. The van der Waals surface area contributed by atoms with E-state index in [1.165, 1.54) is 5.56 Å². The van der Waals surface area contributed by atoms with Gasteiger partial charge in [-0.15, -0.1) is 0 Å². The van der Waals surface area contributed by atoms with Crippen LogP contribution in [0.3, 0.4) is 0 Å². The molecule has 4 rings (SSSR count). The highest BCUT2D eigenvalue weighted by molar-refractivity contribution is 6.00. The minimum atomic E-state index is -0.353. The normalized spacial score (nSPS) is 16.2. The SMILES string of the molecule is CCOc1cccc(C2c3c(-c4ccc(C)cc4)n[nH]c3C(=O)N2C(C)(C)C)c1. The molecule has 0 fully saturated rings. The minimum absolute atomic E-state index is 0.0230. The van der Waals surface area contributed by atoms with Crippen LogP contribution < -0.4 is 4.74 Å². The van der Waals surface area contributed by atoms with Crippen LogP contribution in [0.2, 0.25) is 0 Å². The second kappa shape index (κ2) is 7.07. The predicted molar refractivity (Wildman–Crippen MR) is 114 cm³/mol. The number of hydrogen-bond acceptors (Lipinski definition) is 3. The summed E-state index contributed by atoms with van der Waals surface area (Å²) in [5, 5.41) is 7.55.